The lowest BCUT2D eigenvalue weighted by atomic mass is 10.0. The van der Waals surface area contributed by atoms with Gasteiger partial charge in [0.2, 0.25) is 0 Å². The van der Waals surface area contributed by atoms with Crippen LogP contribution in [0, 0.1) is 0 Å². The normalized spacial score (nSPS) is 14.2. The molecule has 0 saturated carbocycles. The van der Waals surface area contributed by atoms with Gasteiger partial charge in [0.15, 0.2) is 0 Å². The molecule has 0 radical (unpaired) electrons. The summed E-state index contributed by atoms with van der Waals surface area (Å²) in [5.74, 6) is 0. The maximum atomic E-state index is 5.69. The maximum absolute atomic E-state index is 5.69. The topological polar surface area (TPSA) is 128 Å². The Hall–Kier alpha value is -0.240. The molecule has 0 aliphatic heterocycles. The van der Waals surface area contributed by atoms with Crippen LogP contribution in [0.4, 0.5) is 0 Å². The minimum Gasteiger partial charge on any atom is -0.330 e. The van der Waals surface area contributed by atoms with Crippen molar-refractivity contribution in [2.24, 2.45) is 22.9 Å². The molecule has 0 saturated heterocycles. The zero-order chi connectivity index (χ0) is 16.5. The highest BCUT2D eigenvalue weighted by Gasteiger charge is 2.09. The van der Waals surface area contributed by atoms with Gasteiger partial charge in [-0.05, 0) is 77.8 Å². The van der Waals surface area contributed by atoms with E-state index in [-0.39, 0.29) is 0 Å². The van der Waals surface area contributed by atoms with Crippen LogP contribution in [0.2, 0.25) is 0 Å². The molecule has 6 nitrogen and oxygen atoms in total. The molecule has 0 bridgehead atoms. The minimum absolute atomic E-state index is 0.537. The molecule has 22 heavy (non-hydrogen) atoms. The Morgan fingerprint density at radius 3 is 1.23 bits per heavy atom. The second kappa shape index (κ2) is 17.1. The Kier molecular flexibility index (Phi) is 16.9. The molecular formula is C16H40N6. The van der Waals surface area contributed by atoms with Crippen molar-refractivity contribution in [3.05, 3.63) is 0 Å². The van der Waals surface area contributed by atoms with Gasteiger partial charge in [-0.25, -0.2) is 0 Å². The largest absolute Gasteiger partial charge is 0.330 e. The summed E-state index contributed by atoms with van der Waals surface area (Å²) in [4.78, 5) is 0. The van der Waals surface area contributed by atoms with Crippen LogP contribution in [-0.2, 0) is 0 Å². The van der Waals surface area contributed by atoms with Gasteiger partial charge in [-0.15, -0.1) is 0 Å². The number of rotatable bonds is 17. The predicted octanol–water partition coefficient (Wildman–Crippen LogP) is -0.142. The van der Waals surface area contributed by atoms with Gasteiger partial charge in [-0.1, -0.05) is 12.8 Å². The van der Waals surface area contributed by atoms with Gasteiger partial charge in [0.25, 0.3) is 0 Å². The quantitative estimate of drug-likeness (QED) is 0.207. The molecule has 0 aliphatic carbocycles. The molecule has 0 rings (SSSR count). The van der Waals surface area contributed by atoms with E-state index in [1.807, 2.05) is 0 Å². The van der Waals surface area contributed by atoms with E-state index in [0.29, 0.717) is 12.1 Å². The van der Waals surface area contributed by atoms with E-state index in [0.717, 1.165) is 65.0 Å². The first-order valence-corrected chi connectivity index (χ1v) is 9.05. The molecule has 0 amide bonds. The van der Waals surface area contributed by atoms with Crippen molar-refractivity contribution in [3.63, 3.8) is 0 Å². The van der Waals surface area contributed by atoms with Crippen LogP contribution in [0.1, 0.15) is 51.4 Å². The first kappa shape index (κ1) is 21.8. The van der Waals surface area contributed by atoms with Gasteiger partial charge >= 0.3 is 0 Å². The lowest BCUT2D eigenvalue weighted by Gasteiger charge is -2.20. The summed E-state index contributed by atoms with van der Waals surface area (Å²) >= 11 is 0. The molecule has 0 aromatic carbocycles. The Morgan fingerprint density at radius 2 is 0.909 bits per heavy atom. The third-order valence-corrected chi connectivity index (χ3v) is 4.01. The third kappa shape index (κ3) is 13.4. The average Bonchev–Trinajstić information content (AvgIpc) is 2.51. The van der Waals surface area contributed by atoms with Crippen molar-refractivity contribution >= 4 is 0 Å². The van der Waals surface area contributed by atoms with E-state index >= 15 is 0 Å². The fourth-order valence-corrected chi connectivity index (χ4v) is 2.70. The van der Waals surface area contributed by atoms with Crippen molar-refractivity contribution in [2.75, 3.05) is 39.3 Å². The lowest BCUT2D eigenvalue weighted by Crippen LogP contribution is -2.34. The Balaban J connectivity index is 3.80. The molecule has 0 spiro atoms. The molecular weight excluding hydrogens is 276 g/mol. The Morgan fingerprint density at radius 1 is 0.500 bits per heavy atom. The number of unbranched alkanes of at least 4 members (excludes halogenated alkanes) is 1. The first-order chi connectivity index (χ1) is 10.8. The summed E-state index contributed by atoms with van der Waals surface area (Å²) in [6, 6.07) is 1.07. The van der Waals surface area contributed by atoms with E-state index in [1.165, 1.54) is 25.7 Å². The van der Waals surface area contributed by atoms with Gasteiger partial charge in [0, 0.05) is 12.1 Å². The summed E-state index contributed by atoms with van der Waals surface area (Å²) in [6.45, 7) is 4.98. The van der Waals surface area contributed by atoms with Gasteiger partial charge in [0.05, 0.1) is 0 Å². The Bertz CT molecular complexity index is 193. The molecule has 0 aliphatic rings. The van der Waals surface area contributed by atoms with Crippen LogP contribution < -0.4 is 33.6 Å². The van der Waals surface area contributed by atoms with E-state index < -0.39 is 0 Å². The molecule has 0 fully saturated rings. The number of hydrogen-bond acceptors (Lipinski definition) is 6. The molecule has 10 N–H and O–H groups in total. The third-order valence-electron chi connectivity index (χ3n) is 4.01. The van der Waals surface area contributed by atoms with Gasteiger partial charge in [0.1, 0.15) is 0 Å². The van der Waals surface area contributed by atoms with Crippen LogP contribution in [-0.4, -0.2) is 51.4 Å². The van der Waals surface area contributed by atoms with Gasteiger partial charge < -0.3 is 33.6 Å². The van der Waals surface area contributed by atoms with E-state index in [9.17, 15) is 0 Å². The molecule has 0 aromatic heterocycles. The van der Waals surface area contributed by atoms with Crippen molar-refractivity contribution in [3.8, 4) is 0 Å². The fourth-order valence-electron chi connectivity index (χ4n) is 2.70. The summed E-state index contributed by atoms with van der Waals surface area (Å²) in [7, 11) is 0. The van der Waals surface area contributed by atoms with Crippen LogP contribution in [0.5, 0.6) is 0 Å². The van der Waals surface area contributed by atoms with Crippen LogP contribution in [0.15, 0.2) is 0 Å². The summed E-state index contributed by atoms with van der Waals surface area (Å²) in [6.07, 6.45) is 9.02. The fraction of sp³-hybridized carbons (Fsp3) is 1.00. The minimum atomic E-state index is 0.537. The van der Waals surface area contributed by atoms with Crippen LogP contribution >= 0.6 is 0 Å². The summed E-state index contributed by atoms with van der Waals surface area (Å²) < 4.78 is 0. The number of nitrogens with two attached hydrogens (primary N) is 4. The monoisotopic (exact) mass is 316 g/mol. The average molecular weight is 317 g/mol. The molecule has 134 valence electrons. The maximum Gasteiger partial charge on any atom is 0.00790 e. The molecule has 0 heterocycles. The van der Waals surface area contributed by atoms with Crippen LogP contribution in [0.25, 0.3) is 0 Å². The molecule has 2 unspecified atom stereocenters. The molecule has 2 atom stereocenters. The first-order valence-electron chi connectivity index (χ1n) is 9.05. The highest BCUT2D eigenvalue weighted by atomic mass is 14.9. The van der Waals surface area contributed by atoms with Crippen molar-refractivity contribution in [2.45, 2.75) is 63.5 Å². The standard InChI is InChI=1S/C16H40N6/c17-9-3-13-21-15(7-11-19)5-1-2-6-16(8-12-20)22-14-4-10-18/h15-16,21-22H,1-14,17-20H2. The smallest absolute Gasteiger partial charge is 0.00790 e. The number of nitrogens with one attached hydrogen (secondary N) is 2. The van der Waals surface area contributed by atoms with Crippen LogP contribution in [0.3, 0.4) is 0 Å². The highest BCUT2D eigenvalue weighted by Crippen LogP contribution is 2.10. The zero-order valence-corrected chi connectivity index (χ0v) is 14.4. The second-order valence-corrected chi connectivity index (χ2v) is 6.03. The second-order valence-electron chi connectivity index (χ2n) is 6.03. The van der Waals surface area contributed by atoms with E-state index in [4.69, 9.17) is 22.9 Å². The van der Waals surface area contributed by atoms with E-state index in [2.05, 4.69) is 10.6 Å². The number of hydrogen-bond donors (Lipinski definition) is 6. The van der Waals surface area contributed by atoms with Gasteiger partial charge in [-0.3, -0.25) is 0 Å². The Labute approximate surface area is 137 Å². The highest BCUT2D eigenvalue weighted by molar-refractivity contribution is 4.71. The summed E-state index contributed by atoms with van der Waals surface area (Å²) in [5.41, 5.74) is 22.5. The summed E-state index contributed by atoms with van der Waals surface area (Å²) in [5, 5.41) is 7.13. The molecule has 6 heteroatoms. The van der Waals surface area contributed by atoms with Gasteiger partial charge in [-0.2, -0.15) is 0 Å². The lowest BCUT2D eigenvalue weighted by molar-refractivity contribution is 0.403. The van der Waals surface area contributed by atoms with Crippen molar-refractivity contribution in [1.29, 1.82) is 0 Å². The van der Waals surface area contributed by atoms with Crippen molar-refractivity contribution < 1.29 is 0 Å². The predicted molar refractivity (Wildman–Crippen MR) is 96.7 cm³/mol. The zero-order valence-electron chi connectivity index (χ0n) is 14.4. The van der Waals surface area contributed by atoms with Crippen molar-refractivity contribution in [1.82, 2.24) is 10.6 Å². The van der Waals surface area contributed by atoms with E-state index in [1.54, 1.807) is 0 Å². The molecule has 0 aromatic rings. The SMILES string of the molecule is NCCCNC(CCN)CCCCC(CCN)NCCCN.